The Morgan fingerprint density at radius 1 is 1.47 bits per heavy atom. The van der Waals surface area contributed by atoms with Crippen LogP contribution in [0.1, 0.15) is 31.9 Å². The van der Waals surface area contributed by atoms with Gasteiger partial charge in [0.15, 0.2) is 0 Å². The number of benzene rings is 1. The quantitative estimate of drug-likeness (QED) is 0.902. The van der Waals surface area contributed by atoms with Crippen LogP contribution < -0.4 is 10.1 Å². The van der Waals surface area contributed by atoms with Crippen molar-refractivity contribution in [1.29, 1.82) is 0 Å². The number of nitrogens with one attached hydrogen (secondary N) is 1. The summed E-state index contributed by atoms with van der Waals surface area (Å²) in [4.78, 5) is 14.1. The van der Waals surface area contributed by atoms with E-state index in [-0.39, 0.29) is 11.9 Å². The maximum atomic E-state index is 12.0. The van der Waals surface area contributed by atoms with Crippen LogP contribution in [0.2, 0.25) is 0 Å². The van der Waals surface area contributed by atoms with Crippen LogP contribution in [0.15, 0.2) is 24.3 Å². The Balaban J connectivity index is 1.99. The normalized spacial score (nSPS) is 18.1. The summed E-state index contributed by atoms with van der Waals surface area (Å²) < 4.78 is 5.59. The number of para-hydroxylation sites is 1. The third-order valence-electron chi connectivity index (χ3n) is 3.57. The Labute approximate surface area is 114 Å². The van der Waals surface area contributed by atoms with Gasteiger partial charge >= 0.3 is 0 Å². The monoisotopic (exact) mass is 262 g/mol. The Kier molecular flexibility index (Phi) is 4.43. The fourth-order valence-corrected chi connectivity index (χ4v) is 2.14. The first-order chi connectivity index (χ1) is 9.08. The van der Waals surface area contributed by atoms with Gasteiger partial charge in [0.05, 0.1) is 19.2 Å². The van der Waals surface area contributed by atoms with Crippen LogP contribution in [-0.2, 0) is 4.79 Å². The summed E-state index contributed by atoms with van der Waals surface area (Å²) in [6.45, 7) is 5.24. The maximum Gasteiger partial charge on any atom is 0.234 e. The van der Waals surface area contributed by atoms with Gasteiger partial charge in [0.25, 0.3) is 0 Å². The van der Waals surface area contributed by atoms with Crippen LogP contribution in [0.25, 0.3) is 0 Å². The van der Waals surface area contributed by atoms with Gasteiger partial charge < -0.3 is 10.1 Å². The lowest BCUT2D eigenvalue weighted by molar-refractivity contribution is -0.123. The second-order valence-electron chi connectivity index (χ2n) is 5.30. The van der Waals surface area contributed by atoms with E-state index in [1.807, 2.05) is 36.2 Å². The zero-order chi connectivity index (χ0) is 13.8. The summed E-state index contributed by atoms with van der Waals surface area (Å²) in [7, 11) is 1.96. The van der Waals surface area contributed by atoms with Crippen LogP contribution in [0.3, 0.4) is 0 Å². The third-order valence-corrected chi connectivity index (χ3v) is 3.57. The molecule has 1 heterocycles. The molecule has 19 heavy (non-hydrogen) atoms. The number of carbonyl (C=O) groups excluding carboxylic acids is 1. The van der Waals surface area contributed by atoms with E-state index >= 15 is 0 Å². The number of fused-ring (bicyclic) bond motifs is 1. The smallest absolute Gasteiger partial charge is 0.234 e. The molecule has 1 aliphatic heterocycles. The van der Waals surface area contributed by atoms with Gasteiger partial charge in [-0.05, 0) is 27.0 Å². The minimum absolute atomic E-state index is 0.0675. The van der Waals surface area contributed by atoms with Crippen LogP contribution in [0.4, 0.5) is 0 Å². The zero-order valence-electron chi connectivity index (χ0n) is 11.8. The van der Waals surface area contributed by atoms with Crippen molar-refractivity contribution in [3.63, 3.8) is 0 Å². The molecule has 1 aliphatic rings. The van der Waals surface area contributed by atoms with Crippen molar-refractivity contribution in [2.45, 2.75) is 32.4 Å². The number of hydrogen-bond acceptors (Lipinski definition) is 3. The van der Waals surface area contributed by atoms with Gasteiger partial charge in [-0.25, -0.2) is 0 Å². The fraction of sp³-hybridized carbons (Fsp3) is 0.533. The van der Waals surface area contributed by atoms with E-state index in [9.17, 15) is 4.79 Å². The first kappa shape index (κ1) is 13.9. The molecule has 0 saturated heterocycles. The summed E-state index contributed by atoms with van der Waals surface area (Å²) in [6.07, 6.45) is 0.828. The van der Waals surface area contributed by atoms with Gasteiger partial charge in [0.1, 0.15) is 5.75 Å². The lowest BCUT2D eigenvalue weighted by Crippen LogP contribution is -2.40. The topological polar surface area (TPSA) is 41.6 Å². The second kappa shape index (κ2) is 6.06. The standard InChI is InChI=1S/C15H22N2O2/c1-11(2)17(3)10-15(18)16-13-8-9-19-14-7-5-4-6-12(13)14/h4-7,11,13H,8-10H2,1-3H3,(H,16,18). The van der Waals surface area contributed by atoms with Gasteiger partial charge in [-0.2, -0.15) is 0 Å². The molecule has 1 N–H and O–H groups in total. The molecule has 0 aromatic heterocycles. The van der Waals surface area contributed by atoms with Crippen molar-refractivity contribution >= 4 is 5.91 Å². The average Bonchev–Trinajstić information content (AvgIpc) is 2.39. The Bertz CT molecular complexity index is 446. The molecule has 1 unspecified atom stereocenters. The van der Waals surface area contributed by atoms with Gasteiger partial charge in [-0.3, -0.25) is 9.69 Å². The first-order valence-corrected chi connectivity index (χ1v) is 6.79. The van der Waals surface area contributed by atoms with Gasteiger partial charge in [0.2, 0.25) is 5.91 Å². The third kappa shape index (κ3) is 3.47. The molecule has 0 radical (unpaired) electrons. The highest BCUT2D eigenvalue weighted by molar-refractivity contribution is 5.78. The van der Waals surface area contributed by atoms with Crippen LogP contribution >= 0.6 is 0 Å². The molecule has 4 nitrogen and oxygen atoms in total. The predicted octanol–water partition coefficient (Wildman–Crippen LogP) is 1.97. The molecule has 1 atom stereocenters. The highest BCUT2D eigenvalue weighted by Crippen LogP contribution is 2.31. The van der Waals surface area contributed by atoms with Gasteiger partial charge in [-0.1, -0.05) is 18.2 Å². The van der Waals surface area contributed by atoms with Crippen molar-refractivity contribution in [3.8, 4) is 5.75 Å². The molecule has 0 fully saturated rings. The van der Waals surface area contributed by atoms with Crippen molar-refractivity contribution < 1.29 is 9.53 Å². The molecular formula is C15H22N2O2. The van der Waals surface area contributed by atoms with Gasteiger partial charge in [0, 0.05) is 18.0 Å². The van der Waals surface area contributed by atoms with Crippen LogP contribution in [-0.4, -0.2) is 37.0 Å². The number of ether oxygens (including phenoxy) is 1. The largest absolute Gasteiger partial charge is 0.493 e. The van der Waals surface area contributed by atoms with E-state index in [0.717, 1.165) is 17.7 Å². The number of rotatable bonds is 4. The molecule has 0 spiro atoms. The highest BCUT2D eigenvalue weighted by Gasteiger charge is 2.23. The van der Waals surface area contributed by atoms with E-state index in [4.69, 9.17) is 4.74 Å². The van der Waals surface area contributed by atoms with E-state index in [2.05, 4.69) is 19.2 Å². The second-order valence-corrected chi connectivity index (χ2v) is 5.30. The fourth-order valence-electron chi connectivity index (χ4n) is 2.14. The Morgan fingerprint density at radius 2 is 2.21 bits per heavy atom. The number of carbonyl (C=O) groups is 1. The van der Waals surface area contributed by atoms with E-state index in [1.54, 1.807) is 0 Å². The molecule has 0 aliphatic carbocycles. The van der Waals surface area contributed by atoms with Crippen molar-refractivity contribution in [3.05, 3.63) is 29.8 Å². The van der Waals surface area contributed by atoms with Crippen LogP contribution in [0.5, 0.6) is 5.75 Å². The number of hydrogen-bond donors (Lipinski definition) is 1. The zero-order valence-corrected chi connectivity index (χ0v) is 11.8. The number of amides is 1. The minimum atomic E-state index is 0.0675. The SMILES string of the molecule is CC(C)N(C)CC(=O)NC1CCOc2ccccc21. The number of likely N-dealkylation sites (N-methyl/N-ethyl adjacent to an activating group) is 1. The van der Waals surface area contributed by atoms with Crippen molar-refractivity contribution in [2.24, 2.45) is 0 Å². The molecule has 4 heteroatoms. The lowest BCUT2D eigenvalue weighted by Gasteiger charge is -2.28. The molecule has 104 valence electrons. The molecule has 0 saturated carbocycles. The first-order valence-electron chi connectivity index (χ1n) is 6.79. The Morgan fingerprint density at radius 3 is 2.95 bits per heavy atom. The molecule has 1 amide bonds. The maximum absolute atomic E-state index is 12.0. The van der Waals surface area contributed by atoms with E-state index in [1.165, 1.54) is 0 Å². The average molecular weight is 262 g/mol. The van der Waals surface area contributed by atoms with Crippen LogP contribution in [0, 0.1) is 0 Å². The molecule has 1 aromatic rings. The summed E-state index contributed by atoms with van der Waals surface area (Å²) >= 11 is 0. The molecule has 2 rings (SSSR count). The molecule has 1 aromatic carbocycles. The van der Waals surface area contributed by atoms with Crippen molar-refractivity contribution in [1.82, 2.24) is 10.2 Å². The summed E-state index contributed by atoms with van der Waals surface area (Å²) in [5, 5.41) is 3.10. The summed E-state index contributed by atoms with van der Waals surface area (Å²) in [5.74, 6) is 0.953. The molecule has 0 bridgehead atoms. The predicted molar refractivity (Wildman–Crippen MR) is 75.2 cm³/mol. The summed E-state index contributed by atoms with van der Waals surface area (Å²) in [5.41, 5.74) is 1.08. The number of nitrogens with zero attached hydrogens (tertiary/aromatic N) is 1. The minimum Gasteiger partial charge on any atom is -0.493 e. The summed E-state index contributed by atoms with van der Waals surface area (Å²) in [6, 6.07) is 8.34. The highest BCUT2D eigenvalue weighted by atomic mass is 16.5. The molecular weight excluding hydrogens is 240 g/mol. The van der Waals surface area contributed by atoms with E-state index < -0.39 is 0 Å². The Hall–Kier alpha value is -1.55. The van der Waals surface area contributed by atoms with Crippen molar-refractivity contribution in [2.75, 3.05) is 20.2 Å². The van der Waals surface area contributed by atoms with E-state index in [0.29, 0.717) is 19.2 Å². The van der Waals surface area contributed by atoms with Gasteiger partial charge in [-0.15, -0.1) is 0 Å². The lowest BCUT2D eigenvalue weighted by atomic mass is 10.0.